The van der Waals surface area contributed by atoms with Crippen LogP contribution in [0.15, 0.2) is 29.3 Å². The number of benzene rings is 1. The number of nitrogens with two attached hydrogens (primary N) is 2. The lowest BCUT2D eigenvalue weighted by atomic mass is 9.53. The van der Waals surface area contributed by atoms with Crippen molar-refractivity contribution in [1.29, 1.82) is 0 Å². The van der Waals surface area contributed by atoms with Crippen molar-refractivity contribution in [1.82, 2.24) is 10.2 Å². The van der Waals surface area contributed by atoms with Crippen molar-refractivity contribution in [2.75, 3.05) is 26.2 Å². The monoisotopic (exact) mass is 485 g/mol. The highest BCUT2D eigenvalue weighted by molar-refractivity contribution is 5.75. The van der Waals surface area contributed by atoms with Gasteiger partial charge in [0, 0.05) is 29.5 Å². The summed E-state index contributed by atoms with van der Waals surface area (Å²) in [7, 11) is 0. The highest BCUT2D eigenvalue weighted by atomic mass is 16.5. The summed E-state index contributed by atoms with van der Waals surface area (Å²) in [6, 6.07) is 3.35. The number of aliphatic hydroxyl groups excluding tert-OH is 1. The molecule has 1 saturated heterocycles. The van der Waals surface area contributed by atoms with Crippen LogP contribution in [0.1, 0.15) is 36.8 Å². The van der Waals surface area contributed by atoms with Crippen LogP contribution in [-0.2, 0) is 16.6 Å². The topological polar surface area (TPSA) is 167 Å². The van der Waals surface area contributed by atoms with Gasteiger partial charge in [-0.2, -0.15) is 0 Å². The largest absolute Gasteiger partial charge is 0.504 e. The molecule has 0 aromatic heterocycles. The number of rotatable bonds is 10. The number of carboxylic acids is 1. The van der Waals surface area contributed by atoms with Gasteiger partial charge in [-0.15, -0.1) is 0 Å². The van der Waals surface area contributed by atoms with Crippen molar-refractivity contribution in [3.63, 3.8) is 0 Å². The standard InChI is InChI=1S/C25H35N5O5/c26-24(27)29-9-1-3-16(23(33)34)28-10-2-11-30-12-8-25-15-5-7-19(32)22(25)35-21-18(31)6-4-14(20(21)25)13-17(15)30/h4-7,15-17,19,22,28,31-32H,1-3,8-13H2,(H,33,34)(H4,26,27,29)/t15-,16-,17+,19-,22-,25-/m0/s1. The molecule has 10 nitrogen and oxygen atoms in total. The molecule has 8 N–H and O–H groups in total. The zero-order valence-corrected chi connectivity index (χ0v) is 19.8. The van der Waals surface area contributed by atoms with E-state index in [1.807, 2.05) is 12.1 Å². The van der Waals surface area contributed by atoms with Crippen LogP contribution in [0.25, 0.3) is 0 Å². The molecule has 190 valence electrons. The molecule has 1 spiro atoms. The second kappa shape index (κ2) is 9.33. The van der Waals surface area contributed by atoms with Gasteiger partial charge in [0.2, 0.25) is 0 Å². The Kier molecular flexibility index (Phi) is 6.37. The summed E-state index contributed by atoms with van der Waals surface area (Å²) in [5.41, 5.74) is 12.6. The van der Waals surface area contributed by atoms with Crippen molar-refractivity contribution >= 4 is 11.9 Å². The van der Waals surface area contributed by atoms with Crippen LogP contribution in [0.3, 0.4) is 0 Å². The molecule has 5 rings (SSSR count). The normalized spacial score (nSPS) is 30.9. The number of aromatic hydroxyl groups is 1. The fourth-order valence-electron chi connectivity index (χ4n) is 6.78. The van der Waals surface area contributed by atoms with Crippen LogP contribution in [0.2, 0.25) is 0 Å². The summed E-state index contributed by atoms with van der Waals surface area (Å²) in [6.07, 6.45) is 6.52. The molecule has 6 atom stereocenters. The van der Waals surface area contributed by atoms with E-state index in [1.54, 1.807) is 6.07 Å². The molecule has 1 aromatic carbocycles. The van der Waals surface area contributed by atoms with Gasteiger partial charge in [0.05, 0.1) is 0 Å². The number of likely N-dealkylation sites (tertiary alicyclic amines) is 1. The number of carbonyl (C=O) groups is 1. The second-order valence-corrected chi connectivity index (χ2v) is 10.1. The number of nitrogens with zero attached hydrogens (tertiary/aromatic N) is 2. The molecule has 0 radical (unpaired) electrons. The van der Waals surface area contributed by atoms with Crippen molar-refractivity contribution < 1.29 is 24.9 Å². The third-order valence-corrected chi connectivity index (χ3v) is 8.24. The Morgan fingerprint density at radius 2 is 2.14 bits per heavy atom. The van der Waals surface area contributed by atoms with E-state index in [2.05, 4.69) is 21.3 Å². The molecule has 0 saturated carbocycles. The fourth-order valence-corrected chi connectivity index (χ4v) is 6.78. The van der Waals surface area contributed by atoms with Gasteiger partial charge in [-0.05, 0) is 63.4 Å². The van der Waals surface area contributed by atoms with Gasteiger partial charge in [0.15, 0.2) is 17.5 Å². The first kappa shape index (κ1) is 23.9. The Morgan fingerprint density at radius 3 is 2.91 bits per heavy atom. The average molecular weight is 486 g/mol. The van der Waals surface area contributed by atoms with E-state index in [9.17, 15) is 20.1 Å². The maximum absolute atomic E-state index is 11.6. The molecule has 35 heavy (non-hydrogen) atoms. The van der Waals surface area contributed by atoms with E-state index < -0.39 is 18.1 Å². The number of phenolic OH excluding ortho intramolecular Hbond substituents is 1. The molecule has 2 heterocycles. The van der Waals surface area contributed by atoms with Gasteiger partial charge >= 0.3 is 5.97 Å². The third kappa shape index (κ3) is 4.03. The maximum Gasteiger partial charge on any atom is 0.320 e. The zero-order chi connectivity index (χ0) is 24.7. The number of phenols is 1. The van der Waals surface area contributed by atoms with Crippen LogP contribution < -0.4 is 21.5 Å². The van der Waals surface area contributed by atoms with Crippen molar-refractivity contribution in [2.24, 2.45) is 22.4 Å². The fraction of sp³-hybridized carbons (Fsp3) is 0.600. The third-order valence-electron chi connectivity index (χ3n) is 8.24. The zero-order valence-electron chi connectivity index (χ0n) is 19.8. The average Bonchev–Trinajstić information content (AvgIpc) is 3.17. The van der Waals surface area contributed by atoms with Crippen molar-refractivity contribution in [3.8, 4) is 11.5 Å². The smallest absolute Gasteiger partial charge is 0.320 e. The second-order valence-electron chi connectivity index (χ2n) is 10.1. The number of hydrogen-bond acceptors (Lipinski definition) is 7. The molecule has 1 fully saturated rings. The number of ether oxygens (including phenoxy) is 1. The number of aliphatic carboxylic acids is 1. The lowest BCUT2D eigenvalue weighted by molar-refractivity contribution is -0.139. The van der Waals surface area contributed by atoms with Gasteiger partial charge in [-0.1, -0.05) is 18.2 Å². The van der Waals surface area contributed by atoms with Crippen molar-refractivity contribution in [3.05, 3.63) is 35.4 Å². The van der Waals surface area contributed by atoms with Crippen LogP contribution in [0, 0.1) is 5.92 Å². The molecular formula is C25H35N5O5. The summed E-state index contributed by atoms with van der Waals surface area (Å²) in [6.45, 7) is 2.75. The Balaban J connectivity index is 1.23. The number of nitrogens with one attached hydrogen (secondary N) is 1. The molecule has 2 aliphatic heterocycles. The number of aliphatic hydroxyl groups is 1. The van der Waals surface area contributed by atoms with Gasteiger partial charge in [-0.3, -0.25) is 14.7 Å². The number of guanidine groups is 1. The first-order valence-electron chi connectivity index (χ1n) is 12.5. The predicted molar refractivity (Wildman–Crippen MR) is 130 cm³/mol. The Labute approximate surface area is 204 Å². The molecule has 0 amide bonds. The molecular weight excluding hydrogens is 450 g/mol. The highest BCUT2D eigenvalue weighted by Gasteiger charge is 2.64. The van der Waals surface area contributed by atoms with Crippen LogP contribution in [-0.4, -0.2) is 82.6 Å². The highest BCUT2D eigenvalue weighted by Crippen LogP contribution is 2.62. The summed E-state index contributed by atoms with van der Waals surface area (Å²) in [5.74, 6) is 0.0585. The van der Waals surface area contributed by atoms with Gasteiger partial charge in [0.1, 0.15) is 18.2 Å². The van der Waals surface area contributed by atoms with Gasteiger partial charge in [-0.25, -0.2) is 0 Å². The first-order chi connectivity index (χ1) is 16.8. The van der Waals surface area contributed by atoms with Crippen LogP contribution in [0.5, 0.6) is 11.5 Å². The van der Waals surface area contributed by atoms with Crippen molar-refractivity contribution in [2.45, 2.75) is 61.8 Å². The van der Waals surface area contributed by atoms with Gasteiger partial charge in [0.25, 0.3) is 0 Å². The van der Waals surface area contributed by atoms with E-state index in [0.29, 0.717) is 31.7 Å². The van der Waals surface area contributed by atoms with Gasteiger partial charge < -0.3 is 36.8 Å². The van der Waals surface area contributed by atoms with E-state index >= 15 is 0 Å². The quantitative estimate of drug-likeness (QED) is 0.116. The molecule has 10 heteroatoms. The minimum atomic E-state index is -0.865. The Bertz CT molecular complexity index is 1040. The van der Waals surface area contributed by atoms with E-state index in [-0.39, 0.29) is 35.2 Å². The molecule has 4 aliphatic rings. The summed E-state index contributed by atoms with van der Waals surface area (Å²) in [5, 5.41) is 33.9. The molecule has 2 aliphatic carbocycles. The van der Waals surface area contributed by atoms with E-state index in [4.69, 9.17) is 16.2 Å². The molecule has 1 aromatic rings. The van der Waals surface area contributed by atoms with Crippen LogP contribution >= 0.6 is 0 Å². The lowest BCUT2D eigenvalue weighted by Gasteiger charge is -2.57. The van der Waals surface area contributed by atoms with E-state index in [0.717, 1.165) is 37.9 Å². The number of piperidine rings is 1. The SMILES string of the molecule is NC(N)=NCCC[C@H](NCCCN1CC[C@]23c4c5ccc(O)c4O[C@H]2[C@@H](O)C=C[C@H]3[C@H]1C5)C(=O)O. The van der Waals surface area contributed by atoms with E-state index in [1.165, 1.54) is 5.56 Å². The molecule has 0 unspecified atom stereocenters. The minimum absolute atomic E-state index is 0.0179. The number of aliphatic imine (C=N–C) groups is 1. The number of carboxylic acid groups (broad SMARTS) is 1. The molecule has 2 bridgehead atoms. The summed E-state index contributed by atoms with van der Waals surface area (Å²) < 4.78 is 6.20. The summed E-state index contributed by atoms with van der Waals surface area (Å²) >= 11 is 0. The predicted octanol–water partition coefficient (Wildman–Crippen LogP) is 0.0548. The first-order valence-corrected chi connectivity index (χ1v) is 12.5. The Hall–Kier alpha value is -2.82. The maximum atomic E-state index is 11.6. The number of hydrogen-bond donors (Lipinski definition) is 6. The minimum Gasteiger partial charge on any atom is -0.504 e. The Morgan fingerprint density at radius 1 is 1.31 bits per heavy atom. The van der Waals surface area contributed by atoms with Crippen LogP contribution in [0.4, 0.5) is 0 Å². The summed E-state index contributed by atoms with van der Waals surface area (Å²) in [4.78, 5) is 18.0. The lowest BCUT2D eigenvalue weighted by Crippen LogP contribution is -2.65.